The highest BCUT2D eigenvalue weighted by Gasteiger charge is 2.46. The van der Waals surface area contributed by atoms with Crippen LogP contribution < -0.4 is 0 Å². The Morgan fingerprint density at radius 1 is 0.839 bits per heavy atom. The van der Waals surface area contributed by atoms with E-state index in [2.05, 4.69) is 72.8 Å². The van der Waals surface area contributed by atoms with Gasteiger partial charge in [-0.1, -0.05) is 91.0 Å². The van der Waals surface area contributed by atoms with Gasteiger partial charge in [0.15, 0.2) is 0 Å². The Morgan fingerprint density at radius 3 is 1.74 bits per heavy atom. The van der Waals surface area contributed by atoms with Crippen LogP contribution in [0.5, 0.6) is 0 Å². The Kier molecular flexibility index (Phi) is 7.07. The molecule has 1 aliphatic rings. The quantitative estimate of drug-likeness (QED) is 0.259. The van der Waals surface area contributed by atoms with Crippen molar-refractivity contribution in [2.75, 3.05) is 27.1 Å². The molecule has 4 nitrogen and oxygen atoms in total. The zero-order valence-electron chi connectivity index (χ0n) is 17.6. The molecule has 1 saturated heterocycles. The lowest BCUT2D eigenvalue weighted by atomic mass is 9.84. The van der Waals surface area contributed by atoms with Gasteiger partial charge in [-0.15, -0.1) is 11.8 Å². The first-order chi connectivity index (χ1) is 15.3. The SMILES string of the molecule is COCCOCN1C(=O)CC1SC(c1ccccc1)(c1ccccc1)c1ccccc1. The number of hydrogen-bond acceptors (Lipinski definition) is 4. The fraction of sp³-hybridized carbons (Fsp3) is 0.269. The summed E-state index contributed by atoms with van der Waals surface area (Å²) in [5.74, 6) is 0.123. The van der Waals surface area contributed by atoms with Gasteiger partial charge in [0.25, 0.3) is 0 Å². The third kappa shape index (κ3) is 4.54. The molecule has 1 heterocycles. The number of rotatable bonds is 10. The highest BCUT2D eigenvalue weighted by atomic mass is 32.2. The van der Waals surface area contributed by atoms with Crippen molar-refractivity contribution >= 4 is 17.7 Å². The lowest BCUT2D eigenvalue weighted by Gasteiger charge is -2.46. The van der Waals surface area contributed by atoms with Gasteiger partial charge >= 0.3 is 0 Å². The van der Waals surface area contributed by atoms with E-state index in [-0.39, 0.29) is 18.0 Å². The van der Waals surface area contributed by atoms with E-state index < -0.39 is 4.75 Å². The van der Waals surface area contributed by atoms with Gasteiger partial charge < -0.3 is 14.4 Å². The number of nitrogens with zero attached hydrogens (tertiary/aromatic N) is 1. The molecule has 0 saturated carbocycles. The molecule has 0 aliphatic carbocycles. The Morgan fingerprint density at radius 2 is 1.32 bits per heavy atom. The summed E-state index contributed by atoms with van der Waals surface area (Å²) in [6, 6.07) is 31.6. The predicted octanol–water partition coefficient (Wildman–Crippen LogP) is 4.89. The molecule has 3 aromatic carbocycles. The summed E-state index contributed by atoms with van der Waals surface area (Å²) in [5, 5.41) is 0.0238. The summed E-state index contributed by atoms with van der Waals surface area (Å²) < 4.78 is 10.3. The molecule has 4 rings (SSSR count). The fourth-order valence-electron chi connectivity index (χ4n) is 3.92. The second kappa shape index (κ2) is 10.1. The molecule has 1 atom stereocenters. The number of hydrogen-bond donors (Lipinski definition) is 0. The minimum absolute atomic E-state index is 0.0238. The molecule has 1 aliphatic heterocycles. The molecular formula is C26H27NO3S. The monoisotopic (exact) mass is 433 g/mol. The number of amides is 1. The molecule has 31 heavy (non-hydrogen) atoms. The molecule has 0 aromatic heterocycles. The molecule has 5 heteroatoms. The van der Waals surface area contributed by atoms with Crippen LogP contribution in [0.4, 0.5) is 0 Å². The standard InChI is InChI=1S/C26H27NO3S/c1-29-17-18-30-20-27-24(28)19-25(27)31-26(21-11-5-2-6-12-21,22-13-7-3-8-14-22)23-15-9-4-10-16-23/h2-16,25H,17-20H2,1H3. The molecule has 0 radical (unpaired) electrons. The van der Waals surface area contributed by atoms with Gasteiger partial charge in [-0.05, 0) is 16.7 Å². The van der Waals surface area contributed by atoms with Crippen molar-refractivity contribution in [3.8, 4) is 0 Å². The summed E-state index contributed by atoms with van der Waals surface area (Å²) in [6.07, 6.45) is 0.507. The van der Waals surface area contributed by atoms with Gasteiger partial charge in [-0.3, -0.25) is 4.79 Å². The van der Waals surface area contributed by atoms with E-state index in [0.29, 0.717) is 19.6 Å². The molecule has 1 unspecified atom stereocenters. The Hall–Kier alpha value is -2.60. The second-order valence-electron chi connectivity index (χ2n) is 7.45. The van der Waals surface area contributed by atoms with Gasteiger partial charge in [0.05, 0.1) is 29.8 Å². The number of methoxy groups -OCH3 is 1. The van der Waals surface area contributed by atoms with Crippen LogP contribution in [-0.2, 0) is 19.0 Å². The molecule has 160 valence electrons. The van der Waals surface area contributed by atoms with Gasteiger partial charge in [-0.25, -0.2) is 0 Å². The van der Waals surface area contributed by atoms with Crippen LogP contribution in [0.3, 0.4) is 0 Å². The smallest absolute Gasteiger partial charge is 0.228 e. The van der Waals surface area contributed by atoms with Gasteiger partial charge in [-0.2, -0.15) is 0 Å². The lowest BCUT2D eigenvalue weighted by Crippen LogP contribution is -2.53. The molecule has 0 N–H and O–H groups in total. The van der Waals surface area contributed by atoms with E-state index in [1.807, 2.05) is 34.9 Å². The summed E-state index contributed by atoms with van der Waals surface area (Å²) in [6.45, 7) is 1.27. The third-order valence-corrected chi connectivity index (χ3v) is 7.29. The van der Waals surface area contributed by atoms with Crippen LogP contribution in [0.2, 0.25) is 0 Å². The lowest BCUT2D eigenvalue weighted by molar-refractivity contribution is -0.150. The van der Waals surface area contributed by atoms with Crippen molar-refractivity contribution in [3.63, 3.8) is 0 Å². The third-order valence-electron chi connectivity index (χ3n) is 5.53. The maximum Gasteiger partial charge on any atom is 0.228 e. The summed E-state index contributed by atoms with van der Waals surface area (Å²) in [5.41, 5.74) is 3.58. The number of carbonyl (C=O) groups is 1. The molecule has 1 amide bonds. The first-order valence-corrected chi connectivity index (χ1v) is 11.3. The van der Waals surface area contributed by atoms with E-state index >= 15 is 0 Å². The highest BCUT2D eigenvalue weighted by Crippen LogP contribution is 2.52. The zero-order valence-corrected chi connectivity index (χ0v) is 18.5. The van der Waals surface area contributed by atoms with E-state index in [9.17, 15) is 4.79 Å². The first-order valence-electron chi connectivity index (χ1n) is 10.5. The normalized spacial score (nSPS) is 16.2. The summed E-state index contributed by atoms with van der Waals surface area (Å²) in [4.78, 5) is 14.2. The topological polar surface area (TPSA) is 38.8 Å². The van der Waals surface area contributed by atoms with Gasteiger partial charge in [0.1, 0.15) is 6.73 Å². The highest BCUT2D eigenvalue weighted by molar-refractivity contribution is 8.01. The minimum Gasteiger partial charge on any atom is -0.382 e. The second-order valence-corrected chi connectivity index (χ2v) is 8.84. The first kappa shape index (κ1) is 21.6. The fourth-order valence-corrected chi connectivity index (χ4v) is 5.67. The van der Waals surface area contributed by atoms with Crippen LogP contribution in [0.15, 0.2) is 91.0 Å². The van der Waals surface area contributed by atoms with Crippen molar-refractivity contribution < 1.29 is 14.3 Å². The van der Waals surface area contributed by atoms with Crippen molar-refractivity contribution in [1.29, 1.82) is 0 Å². The number of β-lactam (4-membered cyclic amide) rings is 1. The number of benzene rings is 3. The number of thioether (sulfide) groups is 1. The largest absolute Gasteiger partial charge is 0.382 e. The average molecular weight is 434 g/mol. The molecule has 0 bridgehead atoms. The zero-order chi connectivity index (χ0) is 21.5. The average Bonchev–Trinajstić information content (AvgIpc) is 2.83. The Balaban J connectivity index is 1.73. The van der Waals surface area contributed by atoms with Crippen molar-refractivity contribution in [3.05, 3.63) is 108 Å². The van der Waals surface area contributed by atoms with Crippen LogP contribution >= 0.6 is 11.8 Å². The Labute approximate surface area is 188 Å². The van der Waals surface area contributed by atoms with E-state index in [1.165, 1.54) is 16.7 Å². The maximum atomic E-state index is 12.4. The summed E-state index contributed by atoms with van der Waals surface area (Å²) >= 11 is 1.81. The number of likely N-dealkylation sites (tertiary alicyclic amines) is 1. The number of ether oxygens (including phenoxy) is 2. The summed E-state index contributed by atoms with van der Waals surface area (Å²) in [7, 11) is 1.64. The van der Waals surface area contributed by atoms with Crippen LogP contribution in [-0.4, -0.2) is 43.2 Å². The van der Waals surface area contributed by atoms with Gasteiger partial charge in [0.2, 0.25) is 5.91 Å². The van der Waals surface area contributed by atoms with Crippen LogP contribution in [0.25, 0.3) is 0 Å². The molecular weight excluding hydrogens is 406 g/mol. The molecule has 3 aromatic rings. The van der Waals surface area contributed by atoms with E-state index in [4.69, 9.17) is 9.47 Å². The predicted molar refractivity (Wildman–Crippen MR) is 125 cm³/mol. The maximum absolute atomic E-state index is 12.4. The molecule has 1 fully saturated rings. The van der Waals surface area contributed by atoms with Crippen LogP contribution in [0.1, 0.15) is 23.1 Å². The molecule has 0 spiro atoms. The van der Waals surface area contributed by atoms with Crippen molar-refractivity contribution in [2.24, 2.45) is 0 Å². The van der Waals surface area contributed by atoms with Crippen LogP contribution in [0, 0.1) is 0 Å². The minimum atomic E-state index is -0.445. The van der Waals surface area contributed by atoms with Gasteiger partial charge in [0, 0.05) is 7.11 Å². The Bertz CT molecular complexity index is 869. The van der Waals surface area contributed by atoms with Crippen molar-refractivity contribution in [2.45, 2.75) is 16.5 Å². The van der Waals surface area contributed by atoms with E-state index in [0.717, 1.165) is 0 Å². The number of carbonyl (C=O) groups excluding carboxylic acids is 1. The van der Waals surface area contributed by atoms with Crippen molar-refractivity contribution in [1.82, 2.24) is 4.90 Å². The van der Waals surface area contributed by atoms with E-state index in [1.54, 1.807) is 7.11 Å².